The number of aromatic carboxylic acids is 1. The van der Waals surface area contributed by atoms with Crippen LogP contribution in [-0.2, 0) is 0 Å². The number of carbonyl (C=O) groups is 1. The predicted octanol–water partition coefficient (Wildman–Crippen LogP) is 4.03. The molecule has 0 aliphatic heterocycles. The molecule has 0 saturated heterocycles. The molecule has 0 fully saturated rings. The summed E-state index contributed by atoms with van der Waals surface area (Å²) < 4.78 is 0. The Kier molecular flexibility index (Phi) is 4.07. The van der Waals surface area contributed by atoms with Gasteiger partial charge in [0, 0.05) is 22.1 Å². The average Bonchev–Trinajstić information content (AvgIpc) is 3.13. The van der Waals surface area contributed by atoms with Crippen molar-refractivity contribution in [1.82, 2.24) is 10.2 Å². The van der Waals surface area contributed by atoms with Crippen LogP contribution >= 0.6 is 0 Å². The third-order valence-corrected chi connectivity index (χ3v) is 4.21. The third-order valence-electron chi connectivity index (χ3n) is 4.21. The van der Waals surface area contributed by atoms with E-state index in [0.717, 1.165) is 16.5 Å². The Labute approximate surface area is 154 Å². The second kappa shape index (κ2) is 6.70. The van der Waals surface area contributed by atoms with E-state index in [0.29, 0.717) is 16.7 Å². The van der Waals surface area contributed by atoms with Gasteiger partial charge >= 0.3 is 5.97 Å². The molecule has 3 aromatic carbocycles. The van der Waals surface area contributed by atoms with Crippen LogP contribution in [-0.4, -0.2) is 26.4 Å². The molecule has 0 bridgehead atoms. The Morgan fingerprint density at radius 3 is 2.67 bits per heavy atom. The highest BCUT2D eigenvalue weighted by Crippen LogP contribution is 2.30. The number of nitrogens with zero attached hydrogens (tertiary/aromatic N) is 1. The van der Waals surface area contributed by atoms with Crippen molar-refractivity contribution >= 4 is 16.9 Å². The minimum atomic E-state index is -1.02. The summed E-state index contributed by atoms with van der Waals surface area (Å²) >= 11 is 0. The van der Waals surface area contributed by atoms with Crippen LogP contribution in [0.25, 0.3) is 22.0 Å². The number of hydrogen-bond donors (Lipinski definition) is 3. The Bertz CT molecular complexity index is 1230. The summed E-state index contributed by atoms with van der Waals surface area (Å²) in [4.78, 5) is 11.8. The van der Waals surface area contributed by atoms with E-state index in [-0.39, 0.29) is 11.3 Å². The van der Waals surface area contributed by atoms with Crippen LogP contribution in [0.2, 0.25) is 0 Å². The van der Waals surface area contributed by atoms with Crippen LogP contribution in [0.15, 0.2) is 66.9 Å². The first-order chi connectivity index (χ1) is 13.1. The minimum Gasteiger partial charge on any atom is -0.508 e. The monoisotopic (exact) mass is 354 g/mol. The first kappa shape index (κ1) is 16.4. The first-order valence-corrected chi connectivity index (χ1v) is 8.23. The van der Waals surface area contributed by atoms with Crippen molar-refractivity contribution in [2.75, 3.05) is 0 Å². The Morgan fingerprint density at radius 2 is 1.85 bits per heavy atom. The average molecular weight is 354 g/mol. The molecule has 0 unspecified atom stereocenters. The van der Waals surface area contributed by atoms with Crippen LogP contribution in [0.3, 0.4) is 0 Å². The van der Waals surface area contributed by atoms with Crippen molar-refractivity contribution in [2.24, 2.45) is 0 Å². The summed E-state index contributed by atoms with van der Waals surface area (Å²) in [5.41, 5.74) is 3.53. The molecule has 1 heterocycles. The zero-order valence-electron chi connectivity index (χ0n) is 14.1. The third kappa shape index (κ3) is 3.24. The highest BCUT2D eigenvalue weighted by Gasteiger charge is 2.15. The van der Waals surface area contributed by atoms with Gasteiger partial charge in [-0.25, -0.2) is 4.79 Å². The molecule has 0 saturated carbocycles. The largest absolute Gasteiger partial charge is 0.508 e. The van der Waals surface area contributed by atoms with Gasteiger partial charge in [-0.2, -0.15) is 5.10 Å². The number of H-pyrrole nitrogens is 1. The number of hydrogen-bond acceptors (Lipinski definition) is 3. The molecule has 130 valence electrons. The quantitative estimate of drug-likeness (QED) is 0.474. The molecule has 0 aliphatic rings. The van der Waals surface area contributed by atoms with Gasteiger partial charge in [-0.3, -0.25) is 5.10 Å². The normalized spacial score (nSPS) is 10.4. The molecule has 0 radical (unpaired) electrons. The molecule has 0 atom stereocenters. The highest BCUT2D eigenvalue weighted by molar-refractivity contribution is 5.99. The molecule has 5 heteroatoms. The zero-order chi connectivity index (χ0) is 18.8. The van der Waals surface area contributed by atoms with Gasteiger partial charge in [0.1, 0.15) is 5.75 Å². The number of benzene rings is 3. The van der Waals surface area contributed by atoms with Crippen LogP contribution in [0, 0.1) is 11.8 Å². The molecule has 27 heavy (non-hydrogen) atoms. The number of aromatic nitrogens is 2. The van der Waals surface area contributed by atoms with E-state index < -0.39 is 5.97 Å². The van der Waals surface area contributed by atoms with Crippen molar-refractivity contribution in [3.8, 4) is 28.7 Å². The predicted molar refractivity (Wildman–Crippen MR) is 103 cm³/mol. The summed E-state index contributed by atoms with van der Waals surface area (Å²) in [5, 5.41) is 27.1. The number of aromatic amines is 1. The standard InChI is InChI=1S/C22H14N2O3/c25-18-5-1-3-14(11-18)7-8-15-4-2-6-19(22(26)27)21(15)16-9-10-17-13-23-24-20(17)12-16/h1-6,9-13,25H,(H,23,24)(H,26,27). The van der Waals surface area contributed by atoms with Gasteiger partial charge in [0.2, 0.25) is 0 Å². The topological polar surface area (TPSA) is 86.2 Å². The number of carboxylic acid groups (broad SMARTS) is 1. The van der Waals surface area contributed by atoms with E-state index in [1.807, 2.05) is 18.2 Å². The maximum absolute atomic E-state index is 11.8. The Balaban J connectivity index is 1.90. The van der Waals surface area contributed by atoms with Gasteiger partial charge in [0.15, 0.2) is 0 Å². The number of phenols is 1. The lowest BCUT2D eigenvalue weighted by molar-refractivity contribution is 0.0697. The van der Waals surface area contributed by atoms with Crippen molar-refractivity contribution in [3.63, 3.8) is 0 Å². The fraction of sp³-hybridized carbons (Fsp3) is 0. The maximum Gasteiger partial charge on any atom is 0.336 e. The first-order valence-electron chi connectivity index (χ1n) is 8.23. The van der Waals surface area contributed by atoms with E-state index >= 15 is 0 Å². The second-order valence-corrected chi connectivity index (χ2v) is 6.01. The number of nitrogens with one attached hydrogen (secondary N) is 1. The maximum atomic E-state index is 11.8. The molecule has 0 aliphatic carbocycles. The lowest BCUT2D eigenvalue weighted by atomic mass is 9.93. The van der Waals surface area contributed by atoms with Gasteiger partial charge in [-0.05, 0) is 42.0 Å². The highest BCUT2D eigenvalue weighted by atomic mass is 16.4. The van der Waals surface area contributed by atoms with Gasteiger partial charge in [-0.15, -0.1) is 0 Å². The fourth-order valence-electron chi connectivity index (χ4n) is 2.96. The van der Waals surface area contributed by atoms with Crippen molar-refractivity contribution in [3.05, 3.63) is 83.6 Å². The van der Waals surface area contributed by atoms with Crippen LogP contribution in [0.5, 0.6) is 5.75 Å². The van der Waals surface area contributed by atoms with Crippen LogP contribution in [0.1, 0.15) is 21.5 Å². The number of phenolic OH excluding ortho intramolecular Hbond substituents is 1. The summed E-state index contributed by atoms with van der Waals surface area (Å²) in [7, 11) is 0. The molecular formula is C22H14N2O3. The fourth-order valence-corrected chi connectivity index (χ4v) is 2.96. The Hall–Kier alpha value is -4.04. The van der Waals surface area contributed by atoms with Crippen molar-refractivity contribution in [2.45, 2.75) is 0 Å². The van der Waals surface area contributed by atoms with Gasteiger partial charge < -0.3 is 10.2 Å². The number of rotatable bonds is 2. The molecule has 4 aromatic rings. The Morgan fingerprint density at radius 1 is 1.00 bits per heavy atom. The molecular weight excluding hydrogens is 340 g/mol. The van der Waals surface area contributed by atoms with E-state index in [2.05, 4.69) is 22.0 Å². The van der Waals surface area contributed by atoms with Gasteiger partial charge in [0.05, 0.1) is 17.3 Å². The SMILES string of the molecule is O=C(O)c1cccc(C#Cc2cccc(O)c2)c1-c1ccc2cn[nH]c2c1. The lowest BCUT2D eigenvalue weighted by Gasteiger charge is -2.09. The number of fused-ring (bicyclic) bond motifs is 1. The van der Waals surface area contributed by atoms with Crippen molar-refractivity contribution in [1.29, 1.82) is 0 Å². The summed E-state index contributed by atoms with van der Waals surface area (Å²) in [6.45, 7) is 0. The summed E-state index contributed by atoms with van der Waals surface area (Å²) in [6.07, 6.45) is 1.71. The summed E-state index contributed by atoms with van der Waals surface area (Å²) in [5.74, 6) is 5.14. The van der Waals surface area contributed by atoms with Crippen LogP contribution in [0.4, 0.5) is 0 Å². The summed E-state index contributed by atoms with van der Waals surface area (Å²) in [6, 6.07) is 17.3. The minimum absolute atomic E-state index is 0.131. The number of aromatic hydroxyl groups is 1. The van der Waals surface area contributed by atoms with E-state index in [9.17, 15) is 15.0 Å². The zero-order valence-corrected chi connectivity index (χ0v) is 14.1. The molecule has 0 spiro atoms. The molecule has 4 rings (SSSR count). The molecule has 0 amide bonds. The molecule has 3 N–H and O–H groups in total. The van der Waals surface area contributed by atoms with E-state index in [1.165, 1.54) is 0 Å². The van der Waals surface area contributed by atoms with Crippen molar-refractivity contribution < 1.29 is 15.0 Å². The second-order valence-electron chi connectivity index (χ2n) is 6.01. The van der Waals surface area contributed by atoms with Gasteiger partial charge in [0.25, 0.3) is 0 Å². The van der Waals surface area contributed by atoms with E-state index in [4.69, 9.17) is 0 Å². The molecule has 5 nitrogen and oxygen atoms in total. The van der Waals surface area contributed by atoms with Gasteiger partial charge in [-0.1, -0.05) is 36.1 Å². The lowest BCUT2D eigenvalue weighted by Crippen LogP contribution is -2.01. The van der Waals surface area contributed by atoms with Crippen LogP contribution < -0.4 is 0 Å². The number of carboxylic acids is 1. The smallest absolute Gasteiger partial charge is 0.336 e. The molecule has 1 aromatic heterocycles. The van der Waals surface area contributed by atoms with E-state index in [1.54, 1.807) is 48.7 Å².